The molecule has 2 aliphatic heterocycles. The molecule has 3 heterocycles. The number of carbonyl (C=O) groups excluding carboxylic acids is 3. The summed E-state index contributed by atoms with van der Waals surface area (Å²) in [5, 5.41) is 5.68. The van der Waals surface area contributed by atoms with Gasteiger partial charge in [0.1, 0.15) is 36.8 Å². The molecule has 3 aromatic rings. The van der Waals surface area contributed by atoms with E-state index in [9.17, 15) is 14.4 Å². The lowest BCUT2D eigenvalue weighted by Crippen LogP contribution is -2.55. The Morgan fingerprint density at radius 1 is 0.898 bits per heavy atom. The van der Waals surface area contributed by atoms with Gasteiger partial charge in [0.05, 0.1) is 19.4 Å². The highest BCUT2D eigenvalue weighted by Crippen LogP contribution is 2.24. The lowest BCUT2D eigenvalue weighted by Gasteiger charge is -2.39. The topological polar surface area (TPSA) is 146 Å². The Bertz CT molecular complexity index is 1470. The van der Waals surface area contributed by atoms with Crippen molar-refractivity contribution >= 4 is 18.2 Å². The minimum Gasteiger partial charge on any atom is -0.444 e. The molecule has 2 N–H and O–H groups in total. The molecule has 1 aromatic heterocycles. The lowest BCUT2D eigenvalue weighted by atomic mass is 10.0. The largest absolute Gasteiger partial charge is 0.444 e. The van der Waals surface area contributed by atoms with Gasteiger partial charge in [0.15, 0.2) is 0 Å². The molecule has 0 unspecified atom stereocenters. The van der Waals surface area contributed by atoms with Gasteiger partial charge in [0.2, 0.25) is 0 Å². The monoisotopic (exact) mass is 678 g/mol. The van der Waals surface area contributed by atoms with Crippen LogP contribution in [-0.2, 0) is 38.6 Å². The number of hydrogen-bond acceptors (Lipinski definition) is 9. The molecule has 14 nitrogen and oxygen atoms in total. The number of carbonyl (C=O) groups is 3. The van der Waals surface area contributed by atoms with Crippen molar-refractivity contribution in [3.05, 3.63) is 90.0 Å². The zero-order valence-electron chi connectivity index (χ0n) is 28.3. The Labute approximate surface area is 286 Å². The molecular weight excluding hydrogens is 632 g/mol. The highest BCUT2D eigenvalue weighted by atomic mass is 16.7. The quantitative estimate of drug-likeness (QED) is 0.310. The first-order chi connectivity index (χ1) is 23.6. The summed E-state index contributed by atoms with van der Waals surface area (Å²) < 4.78 is 25.1. The Morgan fingerprint density at radius 2 is 1.57 bits per heavy atom. The average Bonchev–Trinajstić information content (AvgIpc) is 3.62. The van der Waals surface area contributed by atoms with Gasteiger partial charge < -0.3 is 44.2 Å². The summed E-state index contributed by atoms with van der Waals surface area (Å²) >= 11 is 0. The van der Waals surface area contributed by atoms with E-state index in [0.29, 0.717) is 58.9 Å². The normalized spacial score (nSPS) is 19.5. The van der Waals surface area contributed by atoms with Gasteiger partial charge in [-0.3, -0.25) is 0 Å². The minimum atomic E-state index is -0.559. The number of rotatable bonds is 11. The van der Waals surface area contributed by atoms with E-state index in [4.69, 9.17) is 23.8 Å². The van der Waals surface area contributed by atoms with Crippen molar-refractivity contribution in [3.8, 4) is 0 Å². The van der Waals surface area contributed by atoms with Crippen LogP contribution in [0.15, 0.2) is 73.3 Å². The van der Waals surface area contributed by atoms with Crippen LogP contribution in [0.4, 0.5) is 14.4 Å². The Morgan fingerprint density at radius 3 is 2.22 bits per heavy atom. The second kappa shape index (κ2) is 17.0. The van der Waals surface area contributed by atoms with Gasteiger partial charge in [-0.25, -0.2) is 19.4 Å². The van der Waals surface area contributed by atoms with Crippen LogP contribution in [-0.4, -0.2) is 101 Å². The third kappa shape index (κ3) is 11.1. The van der Waals surface area contributed by atoms with Crippen LogP contribution in [0.1, 0.15) is 43.9 Å². The fourth-order valence-corrected chi connectivity index (χ4v) is 5.42. The number of aromatic nitrogens is 2. The van der Waals surface area contributed by atoms with Crippen LogP contribution in [0.25, 0.3) is 0 Å². The third-order valence-electron chi connectivity index (χ3n) is 8.00. The second-order valence-corrected chi connectivity index (χ2v) is 12.9. The van der Waals surface area contributed by atoms with Gasteiger partial charge in [0.25, 0.3) is 0 Å². The minimum absolute atomic E-state index is 0.188. The summed E-state index contributed by atoms with van der Waals surface area (Å²) in [5.74, 6) is 0. The Kier molecular flexibility index (Phi) is 12.3. The smallest absolute Gasteiger partial charge is 0.410 e. The van der Waals surface area contributed by atoms with Gasteiger partial charge in [-0.05, 0) is 37.5 Å². The number of ether oxygens (including phenoxy) is 4. The molecule has 0 spiro atoms. The van der Waals surface area contributed by atoms with E-state index in [1.807, 2.05) is 75.4 Å². The molecule has 0 saturated carbocycles. The number of imidazole rings is 1. The summed E-state index contributed by atoms with van der Waals surface area (Å²) in [6, 6.07) is 17.2. The van der Waals surface area contributed by atoms with Crippen LogP contribution in [0.3, 0.4) is 0 Å². The third-order valence-corrected chi connectivity index (χ3v) is 8.00. The molecule has 3 atom stereocenters. The average molecular weight is 679 g/mol. The zero-order valence-corrected chi connectivity index (χ0v) is 28.3. The number of urea groups is 1. The van der Waals surface area contributed by atoms with E-state index in [1.54, 1.807) is 28.5 Å². The maximum atomic E-state index is 13.3. The number of amides is 4. The van der Waals surface area contributed by atoms with Crippen molar-refractivity contribution in [1.82, 2.24) is 30.1 Å². The molecule has 2 fully saturated rings. The highest BCUT2D eigenvalue weighted by Gasteiger charge is 2.39. The van der Waals surface area contributed by atoms with E-state index < -0.39 is 36.1 Å². The van der Waals surface area contributed by atoms with Crippen LogP contribution in [0.2, 0.25) is 0 Å². The molecule has 2 saturated heterocycles. The van der Waals surface area contributed by atoms with Gasteiger partial charge in [0, 0.05) is 51.9 Å². The van der Waals surface area contributed by atoms with Crippen molar-refractivity contribution in [2.75, 3.05) is 39.4 Å². The number of alkyl carbamates (subject to hydrolysis) is 1. The van der Waals surface area contributed by atoms with E-state index in [-0.39, 0.29) is 12.6 Å². The molecule has 49 heavy (non-hydrogen) atoms. The highest BCUT2D eigenvalue weighted by molar-refractivity contribution is 5.75. The van der Waals surface area contributed by atoms with Crippen molar-refractivity contribution in [3.63, 3.8) is 0 Å². The molecule has 14 heteroatoms. The molecule has 0 bridgehead atoms. The van der Waals surface area contributed by atoms with Crippen LogP contribution in [0.5, 0.6) is 0 Å². The van der Waals surface area contributed by atoms with E-state index in [0.717, 1.165) is 16.7 Å². The summed E-state index contributed by atoms with van der Waals surface area (Å²) in [6.07, 6.45) is 2.86. The van der Waals surface area contributed by atoms with E-state index in [1.165, 1.54) is 4.73 Å². The Balaban J connectivity index is 1.07. The number of hydrogen-bond donors (Lipinski definition) is 2. The van der Waals surface area contributed by atoms with Crippen molar-refractivity contribution in [2.45, 2.75) is 70.8 Å². The zero-order chi connectivity index (χ0) is 34.6. The first kappa shape index (κ1) is 35.5. The van der Waals surface area contributed by atoms with Gasteiger partial charge in [-0.15, -0.1) is 0 Å². The number of nitrogens with zero attached hydrogens (tertiary/aromatic N) is 4. The lowest BCUT2D eigenvalue weighted by molar-refractivity contribution is -0.182. The van der Waals surface area contributed by atoms with E-state index in [2.05, 4.69) is 15.6 Å². The summed E-state index contributed by atoms with van der Waals surface area (Å²) in [5.41, 5.74) is 2.27. The fraction of sp³-hybridized carbons (Fsp3) is 0.486. The molecular formula is C35H46N6O8. The number of benzene rings is 2. The first-order valence-corrected chi connectivity index (χ1v) is 16.5. The summed E-state index contributed by atoms with van der Waals surface area (Å²) in [6.45, 7) is 8.47. The van der Waals surface area contributed by atoms with Gasteiger partial charge in [-0.2, -0.15) is 4.73 Å². The molecule has 4 amide bonds. The predicted octanol–water partition coefficient (Wildman–Crippen LogP) is 3.74. The van der Waals surface area contributed by atoms with Crippen molar-refractivity contribution in [1.29, 1.82) is 0 Å². The summed E-state index contributed by atoms with van der Waals surface area (Å²) in [4.78, 5) is 51.2. The van der Waals surface area contributed by atoms with Gasteiger partial charge in [-0.1, -0.05) is 54.6 Å². The number of nitrogens with one attached hydrogen (secondary N) is 2. The number of piperazine rings is 1. The van der Waals surface area contributed by atoms with Gasteiger partial charge >= 0.3 is 18.2 Å². The molecule has 2 aromatic carbocycles. The predicted molar refractivity (Wildman–Crippen MR) is 178 cm³/mol. The van der Waals surface area contributed by atoms with Crippen LogP contribution >= 0.6 is 0 Å². The first-order valence-electron chi connectivity index (χ1n) is 16.5. The molecule has 0 radical (unpaired) electrons. The van der Waals surface area contributed by atoms with Crippen LogP contribution < -0.4 is 15.5 Å². The van der Waals surface area contributed by atoms with Crippen molar-refractivity contribution < 1.29 is 38.2 Å². The van der Waals surface area contributed by atoms with E-state index >= 15 is 0 Å². The molecule has 264 valence electrons. The fourth-order valence-electron chi connectivity index (χ4n) is 5.42. The van der Waals surface area contributed by atoms with Crippen molar-refractivity contribution in [2.24, 2.45) is 0 Å². The Hall–Kier alpha value is -4.82. The molecule has 0 aliphatic carbocycles. The van der Waals surface area contributed by atoms with Crippen LogP contribution in [0, 0.1) is 0 Å². The second-order valence-electron chi connectivity index (χ2n) is 12.9. The maximum absolute atomic E-state index is 13.3. The molecule has 5 rings (SSSR count). The standard InChI is InChI=1S/C35H46N6O8/c1-35(2,3)49-33(43)38-22-27-11-9-26(10-12-27)21-37-32(42)39-16-18-40(19-17-39)34(44)48-29-13-20-45-30(24-47-41-15-14-36-25-41)31(29)46-23-28-7-5-4-6-8-28/h4-12,14-15,25,29-31H,13,16-24H2,1-3H3,(H,37,42)(H,38,43)/t29-,30-,31+/m1/s1. The SMILES string of the molecule is CC(C)(C)OC(=O)NCc1ccc(CNC(=O)N2CCN(C(=O)O[C@@H]3CCO[C@H](COn4ccnc4)[C@H]3OCc3ccccc3)CC2)cc1. The molecule has 2 aliphatic rings. The maximum Gasteiger partial charge on any atom is 0.410 e. The summed E-state index contributed by atoms with van der Waals surface area (Å²) in [7, 11) is 0.